The Morgan fingerprint density at radius 2 is 0.759 bits per heavy atom. The van der Waals surface area contributed by atoms with Crippen molar-refractivity contribution >= 4 is 67.9 Å². The van der Waals surface area contributed by atoms with Crippen molar-refractivity contribution in [2.45, 2.75) is 6.92 Å². The van der Waals surface area contributed by atoms with Gasteiger partial charge in [-0.2, -0.15) is 0 Å². The van der Waals surface area contributed by atoms with Gasteiger partial charge in [-0.25, -0.2) is 0 Å². The van der Waals surface area contributed by atoms with Crippen molar-refractivity contribution in [2.75, 3.05) is 0 Å². The highest BCUT2D eigenvalue weighted by Gasteiger charge is 2.32. The number of benzene rings is 8. The van der Waals surface area contributed by atoms with E-state index in [1.165, 1.54) is 5.56 Å². The first kappa shape index (κ1) is 33.8. The fourth-order valence-electron chi connectivity index (χ4n) is 7.69. The second-order valence-corrected chi connectivity index (χ2v) is 19.3. The molecule has 0 bridgehead atoms. The van der Waals surface area contributed by atoms with Crippen LogP contribution in [-0.4, -0.2) is 4.57 Å². The summed E-state index contributed by atoms with van der Waals surface area (Å²) in [6, 6.07) is 68.9. The lowest BCUT2D eigenvalue weighted by molar-refractivity contribution is 0.591. The Morgan fingerprint density at radius 3 is 1.17 bits per heavy atom. The van der Waals surface area contributed by atoms with Crippen molar-refractivity contribution in [3.8, 4) is 16.8 Å². The monoisotopic (exact) mass is 733 g/mol. The molecule has 0 spiro atoms. The van der Waals surface area contributed by atoms with Crippen molar-refractivity contribution in [2.24, 2.45) is 0 Å². The molecule has 0 amide bonds. The van der Waals surface area contributed by atoms with E-state index < -0.39 is 14.3 Å². The summed E-state index contributed by atoms with van der Waals surface area (Å²) in [5, 5.41) is 6.52. The third-order valence-electron chi connectivity index (χ3n) is 10.4. The van der Waals surface area contributed by atoms with E-state index in [9.17, 15) is 0 Å². The highest BCUT2D eigenvalue weighted by Crippen LogP contribution is 2.46. The Kier molecular flexibility index (Phi) is 8.63. The van der Waals surface area contributed by atoms with Crippen molar-refractivity contribution in [3.63, 3.8) is 0 Å². The Morgan fingerprint density at radius 1 is 0.352 bits per heavy atom. The number of aryl methyl sites for hydroxylation is 1. The van der Waals surface area contributed by atoms with Crippen LogP contribution in [-0.2, 0) is 9.13 Å². The van der Waals surface area contributed by atoms with Crippen LogP contribution in [0.25, 0.3) is 38.6 Å². The topological polar surface area (TPSA) is 39.1 Å². The van der Waals surface area contributed by atoms with E-state index in [0.717, 1.165) is 70.4 Å². The van der Waals surface area contributed by atoms with Gasteiger partial charge in [0.15, 0.2) is 14.3 Å². The molecular weight excluding hydrogens is 696 g/mol. The van der Waals surface area contributed by atoms with E-state index in [2.05, 4.69) is 84.3 Å². The summed E-state index contributed by atoms with van der Waals surface area (Å²) in [7, 11) is -6.56. The van der Waals surface area contributed by atoms with Gasteiger partial charge in [-0.05, 0) is 66.6 Å². The molecule has 0 aliphatic rings. The first-order valence-corrected chi connectivity index (χ1v) is 21.6. The summed E-state index contributed by atoms with van der Waals surface area (Å²) in [5.41, 5.74) is 6.45. The molecular formula is C49H37NO2P2. The first-order valence-electron chi connectivity index (χ1n) is 18.1. The molecule has 9 aromatic rings. The van der Waals surface area contributed by atoms with E-state index in [0.29, 0.717) is 0 Å². The van der Waals surface area contributed by atoms with Crippen LogP contribution in [0.4, 0.5) is 0 Å². The van der Waals surface area contributed by atoms with Crippen LogP contribution < -0.4 is 31.8 Å². The molecule has 0 saturated heterocycles. The van der Waals surface area contributed by atoms with Gasteiger partial charge in [0.05, 0.1) is 11.0 Å². The summed E-state index contributed by atoms with van der Waals surface area (Å²) >= 11 is 0. The van der Waals surface area contributed by atoms with Gasteiger partial charge in [0.2, 0.25) is 0 Å². The summed E-state index contributed by atoms with van der Waals surface area (Å²) in [5.74, 6) is 0. The summed E-state index contributed by atoms with van der Waals surface area (Å²) in [4.78, 5) is 0. The molecule has 260 valence electrons. The van der Waals surface area contributed by atoms with E-state index in [-0.39, 0.29) is 0 Å². The minimum atomic E-state index is -3.28. The van der Waals surface area contributed by atoms with Gasteiger partial charge in [-0.15, -0.1) is 0 Å². The van der Waals surface area contributed by atoms with Crippen molar-refractivity contribution in [1.82, 2.24) is 4.57 Å². The number of hydrogen-bond donors (Lipinski definition) is 0. The number of nitrogens with zero attached hydrogens (tertiary/aromatic N) is 1. The van der Waals surface area contributed by atoms with Gasteiger partial charge >= 0.3 is 0 Å². The normalized spacial score (nSPS) is 11.9. The maximum absolute atomic E-state index is 15.6. The molecule has 8 aromatic carbocycles. The minimum Gasteiger partial charge on any atom is -0.309 e. The predicted molar refractivity (Wildman–Crippen MR) is 230 cm³/mol. The maximum atomic E-state index is 15.6. The van der Waals surface area contributed by atoms with Crippen LogP contribution in [0.1, 0.15) is 5.56 Å². The Bertz CT molecular complexity index is 2630. The van der Waals surface area contributed by atoms with E-state index in [1.807, 2.05) is 133 Å². The SMILES string of the molecule is Cc1ccc(-c2cccc(-n3c4ccc(P(=O)(c5ccccc5)c5ccccc5)cc4c4cc(P(=O)(c5ccccc5)c5ccccc5)ccc43)c2)cc1. The van der Waals surface area contributed by atoms with Crippen LogP contribution in [0.15, 0.2) is 206 Å². The molecule has 0 fully saturated rings. The molecule has 3 nitrogen and oxygen atoms in total. The van der Waals surface area contributed by atoms with Gasteiger partial charge in [0, 0.05) is 48.3 Å². The smallest absolute Gasteiger partial charge is 0.171 e. The van der Waals surface area contributed by atoms with Gasteiger partial charge in [0.25, 0.3) is 0 Å². The Labute approximate surface area is 316 Å². The molecule has 0 radical (unpaired) electrons. The second kappa shape index (κ2) is 13.8. The third kappa shape index (κ3) is 5.69. The number of hydrogen-bond acceptors (Lipinski definition) is 2. The first-order chi connectivity index (χ1) is 26.4. The van der Waals surface area contributed by atoms with Crippen molar-refractivity contribution in [3.05, 3.63) is 212 Å². The molecule has 9 rings (SSSR count). The highest BCUT2D eigenvalue weighted by molar-refractivity contribution is 7.85. The maximum Gasteiger partial charge on any atom is 0.171 e. The van der Waals surface area contributed by atoms with Gasteiger partial charge in [0.1, 0.15) is 0 Å². The molecule has 0 N–H and O–H groups in total. The predicted octanol–water partition coefficient (Wildman–Crippen LogP) is 10.0. The van der Waals surface area contributed by atoms with Crippen molar-refractivity contribution < 1.29 is 9.13 Å². The molecule has 1 heterocycles. The van der Waals surface area contributed by atoms with Crippen LogP contribution in [0.2, 0.25) is 0 Å². The Hall–Kier alpha value is -5.98. The van der Waals surface area contributed by atoms with E-state index in [4.69, 9.17) is 0 Å². The zero-order valence-corrected chi connectivity index (χ0v) is 31.6. The van der Waals surface area contributed by atoms with E-state index in [1.54, 1.807) is 0 Å². The second-order valence-electron chi connectivity index (χ2n) is 13.7. The lowest BCUT2D eigenvalue weighted by atomic mass is 10.0. The lowest BCUT2D eigenvalue weighted by Crippen LogP contribution is -2.25. The average molecular weight is 734 g/mol. The van der Waals surface area contributed by atoms with Crippen LogP contribution >= 0.6 is 14.3 Å². The Balaban J connectivity index is 1.34. The van der Waals surface area contributed by atoms with Crippen LogP contribution in [0.5, 0.6) is 0 Å². The minimum absolute atomic E-state index is 0.750. The highest BCUT2D eigenvalue weighted by atomic mass is 31.2. The lowest BCUT2D eigenvalue weighted by Gasteiger charge is -2.20. The molecule has 1 aromatic heterocycles. The summed E-state index contributed by atoms with van der Waals surface area (Å²) in [6.07, 6.45) is 0. The van der Waals surface area contributed by atoms with Gasteiger partial charge in [-0.3, -0.25) is 0 Å². The average Bonchev–Trinajstić information content (AvgIpc) is 3.58. The molecule has 0 aliphatic heterocycles. The fraction of sp³-hybridized carbons (Fsp3) is 0.0204. The zero-order valence-electron chi connectivity index (χ0n) is 29.8. The number of fused-ring (bicyclic) bond motifs is 3. The van der Waals surface area contributed by atoms with Gasteiger partial charge in [-0.1, -0.05) is 163 Å². The largest absolute Gasteiger partial charge is 0.309 e. The molecule has 0 atom stereocenters. The molecule has 0 unspecified atom stereocenters. The van der Waals surface area contributed by atoms with Crippen molar-refractivity contribution in [1.29, 1.82) is 0 Å². The van der Waals surface area contributed by atoms with Crippen LogP contribution in [0, 0.1) is 6.92 Å². The number of aromatic nitrogens is 1. The molecule has 0 aliphatic carbocycles. The van der Waals surface area contributed by atoms with E-state index >= 15 is 9.13 Å². The standard InChI is InChI=1S/C49H37NO2P2/c1-36-25-27-37(28-26-36)38-15-14-16-39(33-38)50-48-31-29-44(53(51,40-17-6-2-7-18-40)41-19-8-3-9-20-41)34-46(48)47-35-45(30-32-49(47)50)54(52,42-21-10-4-11-22-42)43-23-12-5-13-24-43/h2-35H,1H3. The molecule has 5 heteroatoms. The fourth-order valence-corrected chi connectivity index (χ4v) is 13.0. The summed E-state index contributed by atoms with van der Waals surface area (Å²) < 4.78 is 33.6. The summed E-state index contributed by atoms with van der Waals surface area (Å²) in [6.45, 7) is 2.10. The number of rotatable bonds is 8. The third-order valence-corrected chi connectivity index (χ3v) is 16.5. The molecule has 0 saturated carbocycles. The van der Waals surface area contributed by atoms with Crippen LogP contribution in [0.3, 0.4) is 0 Å². The quantitative estimate of drug-likeness (QED) is 0.146. The van der Waals surface area contributed by atoms with Gasteiger partial charge < -0.3 is 13.7 Å². The zero-order chi connectivity index (χ0) is 36.7. The molecule has 54 heavy (non-hydrogen) atoms.